The van der Waals surface area contributed by atoms with Gasteiger partial charge in [0.05, 0.1) is 19.0 Å². The van der Waals surface area contributed by atoms with Crippen molar-refractivity contribution in [2.24, 2.45) is 5.10 Å². The Morgan fingerprint density at radius 2 is 1.81 bits per heavy atom. The zero-order chi connectivity index (χ0) is 17.8. The zero-order valence-electron chi connectivity index (χ0n) is 14.2. The number of hydrogen-bond donors (Lipinski definition) is 1. The highest BCUT2D eigenvalue weighted by Crippen LogP contribution is 2.27. The molecule has 1 heterocycles. The highest BCUT2D eigenvalue weighted by atomic mass is 32.1. The van der Waals surface area contributed by atoms with E-state index in [9.17, 15) is 0 Å². The van der Waals surface area contributed by atoms with Crippen LogP contribution >= 0.6 is 11.3 Å². The Balaban J connectivity index is 1.47. The number of methoxy groups -OCH3 is 1. The third-order valence-electron chi connectivity index (χ3n) is 4.04. The summed E-state index contributed by atoms with van der Waals surface area (Å²) in [6.07, 6.45) is 1.76. The smallest absolute Gasteiger partial charge is 0.203 e. The molecular weight excluding hydrogens is 342 g/mol. The SMILES string of the molecule is COc1ccc(C=NNc2nc(-c3ccc4ccccc4c3)cs2)cc1. The molecule has 0 saturated heterocycles. The number of fused-ring (bicyclic) bond motifs is 1. The summed E-state index contributed by atoms with van der Waals surface area (Å²) in [6.45, 7) is 0. The normalized spacial score (nSPS) is 11.1. The molecule has 0 unspecified atom stereocenters. The summed E-state index contributed by atoms with van der Waals surface area (Å²) in [5, 5.41) is 9.50. The Kier molecular flexibility index (Phi) is 4.62. The lowest BCUT2D eigenvalue weighted by atomic mass is 10.1. The van der Waals surface area contributed by atoms with Crippen molar-refractivity contribution < 1.29 is 4.74 Å². The van der Waals surface area contributed by atoms with Crippen molar-refractivity contribution in [2.75, 3.05) is 12.5 Å². The van der Waals surface area contributed by atoms with Crippen LogP contribution in [0.5, 0.6) is 5.75 Å². The Bertz CT molecular complexity index is 1050. The van der Waals surface area contributed by atoms with Gasteiger partial charge >= 0.3 is 0 Å². The molecule has 0 amide bonds. The molecule has 4 nitrogen and oxygen atoms in total. The van der Waals surface area contributed by atoms with E-state index in [1.54, 1.807) is 13.3 Å². The summed E-state index contributed by atoms with van der Waals surface area (Å²) in [7, 11) is 1.65. The van der Waals surface area contributed by atoms with Crippen molar-refractivity contribution in [1.29, 1.82) is 0 Å². The van der Waals surface area contributed by atoms with E-state index in [1.807, 2.05) is 41.8 Å². The van der Waals surface area contributed by atoms with Gasteiger partial charge in [-0.25, -0.2) is 4.98 Å². The van der Waals surface area contributed by atoms with Gasteiger partial charge in [0.25, 0.3) is 0 Å². The van der Waals surface area contributed by atoms with Crippen molar-refractivity contribution in [2.45, 2.75) is 0 Å². The van der Waals surface area contributed by atoms with Crippen LogP contribution in [0, 0.1) is 0 Å². The summed E-state index contributed by atoms with van der Waals surface area (Å²) in [6, 6.07) is 22.4. The van der Waals surface area contributed by atoms with Crippen LogP contribution < -0.4 is 10.2 Å². The third-order valence-corrected chi connectivity index (χ3v) is 4.79. The molecule has 4 aromatic rings. The monoisotopic (exact) mass is 359 g/mol. The molecule has 1 N–H and O–H groups in total. The standard InChI is InChI=1S/C21H17N3OS/c1-25-19-10-6-15(7-11-19)13-22-24-21-23-20(14-26-21)18-9-8-16-4-2-3-5-17(16)12-18/h2-14H,1H3,(H,23,24). The molecule has 0 spiro atoms. The molecule has 0 aliphatic heterocycles. The number of nitrogens with one attached hydrogen (secondary N) is 1. The molecule has 1 aromatic heterocycles. The number of benzene rings is 3. The predicted molar refractivity (Wildman–Crippen MR) is 109 cm³/mol. The maximum absolute atomic E-state index is 5.15. The van der Waals surface area contributed by atoms with Crippen molar-refractivity contribution in [3.8, 4) is 17.0 Å². The molecule has 5 heteroatoms. The van der Waals surface area contributed by atoms with E-state index < -0.39 is 0 Å². The summed E-state index contributed by atoms with van der Waals surface area (Å²) < 4.78 is 5.15. The molecule has 4 rings (SSSR count). The molecular formula is C21H17N3OS. The molecule has 0 aliphatic carbocycles. The van der Waals surface area contributed by atoms with E-state index >= 15 is 0 Å². The van der Waals surface area contributed by atoms with Gasteiger partial charge in [-0.3, -0.25) is 5.43 Å². The van der Waals surface area contributed by atoms with Gasteiger partial charge in [0, 0.05) is 10.9 Å². The molecule has 0 fully saturated rings. The Hall–Kier alpha value is -3.18. The van der Waals surface area contributed by atoms with Gasteiger partial charge < -0.3 is 4.74 Å². The number of ether oxygens (including phenoxy) is 1. The third kappa shape index (κ3) is 3.58. The second kappa shape index (κ2) is 7.37. The Morgan fingerprint density at radius 3 is 2.62 bits per heavy atom. The van der Waals surface area contributed by atoms with E-state index in [-0.39, 0.29) is 0 Å². The number of thiazole rings is 1. The fourth-order valence-electron chi connectivity index (χ4n) is 2.66. The van der Waals surface area contributed by atoms with Gasteiger partial charge in [0.1, 0.15) is 5.75 Å². The molecule has 0 bridgehead atoms. The topological polar surface area (TPSA) is 46.5 Å². The molecule has 26 heavy (non-hydrogen) atoms. The molecule has 3 aromatic carbocycles. The maximum Gasteiger partial charge on any atom is 0.203 e. The largest absolute Gasteiger partial charge is 0.497 e. The van der Waals surface area contributed by atoms with Crippen LogP contribution in [-0.4, -0.2) is 18.3 Å². The number of rotatable bonds is 5. The first-order valence-corrected chi connectivity index (χ1v) is 9.07. The quantitative estimate of drug-likeness (QED) is 0.382. The van der Waals surface area contributed by atoms with E-state index in [1.165, 1.54) is 22.1 Å². The minimum Gasteiger partial charge on any atom is -0.497 e. The number of hydrazone groups is 1. The molecule has 0 saturated carbocycles. The highest BCUT2D eigenvalue weighted by Gasteiger charge is 2.05. The van der Waals surface area contributed by atoms with Crippen LogP contribution in [0.15, 0.2) is 77.2 Å². The summed E-state index contributed by atoms with van der Waals surface area (Å²) in [5.74, 6) is 0.829. The van der Waals surface area contributed by atoms with Crippen LogP contribution in [0.3, 0.4) is 0 Å². The van der Waals surface area contributed by atoms with Crippen molar-refractivity contribution in [3.63, 3.8) is 0 Å². The molecule has 0 aliphatic rings. The lowest BCUT2D eigenvalue weighted by Crippen LogP contribution is -1.90. The van der Waals surface area contributed by atoms with Crippen LogP contribution in [-0.2, 0) is 0 Å². The maximum atomic E-state index is 5.15. The van der Waals surface area contributed by atoms with Gasteiger partial charge in [-0.15, -0.1) is 11.3 Å². The van der Waals surface area contributed by atoms with Gasteiger partial charge in [0.15, 0.2) is 0 Å². The van der Waals surface area contributed by atoms with Crippen LogP contribution in [0.1, 0.15) is 5.56 Å². The van der Waals surface area contributed by atoms with Crippen LogP contribution in [0.2, 0.25) is 0 Å². The lowest BCUT2D eigenvalue weighted by Gasteiger charge is -2.01. The molecule has 0 radical (unpaired) electrons. The average Bonchev–Trinajstić information content (AvgIpc) is 3.17. The first-order valence-electron chi connectivity index (χ1n) is 8.20. The van der Waals surface area contributed by atoms with Crippen molar-refractivity contribution >= 4 is 33.5 Å². The number of nitrogens with zero attached hydrogens (tertiary/aromatic N) is 2. The predicted octanol–water partition coefficient (Wildman–Crippen LogP) is 5.42. The molecule has 128 valence electrons. The minimum absolute atomic E-state index is 0.762. The fraction of sp³-hybridized carbons (Fsp3) is 0.0476. The molecule has 0 atom stereocenters. The summed E-state index contributed by atoms with van der Waals surface area (Å²) in [4.78, 5) is 4.62. The van der Waals surface area contributed by atoms with Gasteiger partial charge in [-0.2, -0.15) is 5.10 Å². The van der Waals surface area contributed by atoms with Crippen molar-refractivity contribution in [3.05, 3.63) is 77.7 Å². The van der Waals surface area contributed by atoms with Gasteiger partial charge in [0.2, 0.25) is 5.13 Å². The summed E-state index contributed by atoms with van der Waals surface area (Å²) >= 11 is 1.54. The van der Waals surface area contributed by atoms with E-state index in [2.05, 4.69) is 45.8 Å². The Morgan fingerprint density at radius 1 is 1.00 bits per heavy atom. The first-order chi connectivity index (χ1) is 12.8. The Labute approximate surface area is 155 Å². The second-order valence-corrected chi connectivity index (χ2v) is 6.60. The van der Waals surface area contributed by atoms with Gasteiger partial charge in [-0.05, 0) is 46.7 Å². The minimum atomic E-state index is 0.762. The lowest BCUT2D eigenvalue weighted by molar-refractivity contribution is 0.415. The number of hydrogen-bond acceptors (Lipinski definition) is 5. The van der Waals surface area contributed by atoms with E-state index in [4.69, 9.17) is 4.74 Å². The number of anilines is 1. The van der Waals surface area contributed by atoms with Crippen LogP contribution in [0.25, 0.3) is 22.0 Å². The summed E-state index contributed by atoms with van der Waals surface area (Å²) in [5.41, 5.74) is 6.04. The van der Waals surface area contributed by atoms with E-state index in [0.717, 1.165) is 27.7 Å². The van der Waals surface area contributed by atoms with E-state index in [0.29, 0.717) is 0 Å². The average molecular weight is 359 g/mol. The first kappa shape index (κ1) is 16.3. The highest BCUT2D eigenvalue weighted by molar-refractivity contribution is 7.14. The zero-order valence-corrected chi connectivity index (χ0v) is 15.0. The van der Waals surface area contributed by atoms with Gasteiger partial charge in [-0.1, -0.05) is 36.4 Å². The van der Waals surface area contributed by atoms with Crippen LogP contribution in [0.4, 0.5) is 5.13 Å². The van der Waals surface area contributed by atoms with Crippen molar-refractivity contribution in [1.82, 2.24) is 4.98 Å². The number of aromatic nitrogens is 1. The second-order valence-electron chi connectivity index (χ2n) is 5.74. The fourth-order valence-corrected chi connectivity index (χ4v) is 3.33.